The highest BCUT2D eigenvalue weighted by atomic mass is 19.4. The number of allylic oxidation sites excluding steroid dienone is 2. The molecule has 0 spiro atoms. The van der Waals surface area contributed by atoms with Crippen LogP contribution in [0, 0.1) is 0 Å². The average Bonchev–Trinajstić information content (AvgIpc) is 1.73. The molecule has 0 aromatic carbocycles. The third kappa shape index (κ3) is 9.30. The first-order chi connectivity index (χ1) is 6.49. The summed E-state index contributed by atoms with van der Waals surface area (Å²) < 4.78 is 70.0. The lowest BCUT2D eigenvalue weighted by Gasteiger charge is -2.06. The van der Waals surface area contributed by atoms with Gasteiger partial charge in [0, 0.05) is 0 Å². The Kier molecular flexibility index (Phi) is 4.36. The van der Waals surface area contributed by atoms with E-state index < -0.39 is 36.6 Å². The van der Waals surface area contributed by atoms with Crippen LogP contribution in [0.4, 0.5) is 26.3 Å². The zero-order chi connectivity index (χ0) is 12.3. The van der Waals surface area contributed by atoms with Gasteiger partial charge in [-0.1, -0.05) is 5.57 Å². The molecule has 0 aliphatic carbocycles. The molecule has 1 nitrogen and oxygen atoms in total. The maximum absolute atomic E-state index is 11.7. The number of hydrogen-bond donors (Lipinski definition) is 0. The molecule has 0 fully saturated rings. The van der Waals surface area contributed by atoms with Crippen molar-refractivity contribution in [1.82, 2.24) is 0 Å². The summed E-state index contributed by atoms with van der Waals surface area (Å²) in [6.45, 7) is 0.960. The van der Waals surface area contributed by atoms with Crippen molar-refractivity contribution in [1.29, 1.82) is 0 Å². The molecule has 0 aromatic heterocycles. The van der Waals surface area contributed by atoms with Crippen molar-refractivity contribution in [3.05, 3.63) is 11.6 Å². The van der Waals surface area contributed by atoms with E-state index in [0.717, 1.165) is 6.92 Å². The predicted molar refractivity (Wildman–Crippen MR) is 40.1 cm³/mol. The summed E-state index contributed by atoms with van der Waals surface area (Å²) in [6.07, 6.45) is -11.9. The Morgan fingerprint density at radius 2 is 1.40 bits per heavy atom. The van der Waals surface area contributed by atoms with Crippen LogP contribution in [0.1, 0.15) is 19.8 Å². The Balaban J connectivity index is 4.31. The Labute approximate surface area is 81.8 Å². The fourth-order valence-corrected chi connectivity index (χ4v) is 0.891. The topological polar surface area (TPSA) is 17.1 Å². The fourth-order valence-electron chi connectivity index (χ4n) is 0.891. The van der Waals surface area contributed by atoms with Crippen LogP contribution in [0.25, 0.3) is 0 Å². The summed E-state index contributed by atoms with van der Waals surface area (Å²) >= 11 is 0. The number of carbonyl (C=O) groups is 1. The first-order valence-corrected chi connectivity index (χ1v) is 3.83. The zero-order valence-electron chi connectivity index (χ0n) is 7.67. The maximum Gasteiger partial charge on any atom is 0.396 e. The number of hydrogen-bond acceptors (Lipinski definition) is 1. The lowest BCUT2D eigenvalue weighted by molar-refractivity contribution is -0.149. The van der Waals surface area contributed by atoms with Crippen LogP contribution in [-0.4, -0.2) is 18.1 Å². The van der Waals surface area contributed by atoms with Crippen LogP contribution < -0.4 is 0 Å². The summed E-state index contributed by atoms with van der Waals surface area (Å²) in [5, 5.41) is 0. The van der Waals surface area contributed by atoms with Crippen LogP contribution >= 0.6 is 0 Å². The van der Waals surface area contributed by atoms with Gasteiger partial charge in [0.2, 0.25) is 0 Å². The van der Waals surface area contributed by atoms with Crippen LogP contribution in [0.5, 0.6) is 0 Å². The second kappa shape index (κ2) is 4.67. The highest BCUT2D eigenvalue weighted by Gasteiger charge is 2.31. The van der Waals surface area contributed by atoms with Crippen molar-refractivity contribution < 1.29 is 31.1 Å². The maximum atomic E-state index is 11.7. The third-order valence-corrected chi connectivity index (χ3v) is 1.26. The summed E-state index contributed by atoms with van der Waals surface area (Å²) in [7, 11) is 0. The number of carbonyl (C=O) groups excluding carboxylic acids is 1. The van der Waals surface area contributed by atoms with Gasteiger partial charge < -0.3 is 0 Å². The van der Waals surface area contributed by atoms with Crippen LogP contribution in [-0.2, 0) is 4.79 Å². The SMILES string of the molecule is C/C(=C/C(=O)CC(F)(F)F)CC(F)(F)F. The van der Waals surface area contributed by atoms with Crippen molar-refractivity contribution in [2.24, 2.45) is 0 Å². The van der Waals surface area contributed by atoms with Gasteiger partial charge in [-0.25, -0.2) is 0 Å². The highest BCUT2D eigenvalue weighted by molar-refractivity contribution is 5.90. The minimum atomic E-state index is -4.69. The molecule has 0 aliphatic heterocycles. The summed E-state index contributed by atoms with van der Waals surface area (Å²) in [4.78, 5) is 10.6. The van der Waals surface area contributed by atoms with Crippen molar-refractivity contribution >= 4 is 5.78 Å². The molecule has 0 saturated heterocycles. The average molecular weight is 234 g/mol. The number of rotatable bonds is 3. The molecule has 7 heteroatoms. The molecule has 0 rings (SSSR count). The highest BCUT2D eigenvalue weighted by Crippen LogP contribution is 2.25. The molecule has 0 amide bonds. The monoisotopic (exact) mass is 234 g/mol. The van der Waals surface area contributed by atoms with Gasteiger partial charge in [-0.2, -0.15) is 26.3 Å². The smallest absolute Gasteiger partial charge is 0.294 e. The van der Waals surface area contributed by atoms with Crippen LogP contribution in [0.15, 0.2) is 11.6 Å². The van der Waals surface area contributed by atoms with E-state index in [4.69, 9.17) is 0 Å². The minimum Gasteiger partial charge on any atom is -0.294 e. The van der Waals surface area contributed by atoms with Crippen molar-refractivity contribution in [2.75, 3.05) is 0 Å². The minimum absolute atomic E-state index is 0.376. The van der Waals surface area contributed by atoms with E-state index >= 15 is 0 Å². The molecule has 0 atom stereocenters. The Morgan fingerprint density at radius 1 is 1.00 bits per heavy atom. The molecule has 0 heterocycles. The summed E-state index contributed by atoms with van der Waals surface area (Å²) in [6, 6.07) is 0. The van der Waals surface area contributed by atoms with E-state index in [1.807, 2.05) is 0 Å². The molecule has 0 saturated carbocycles. The van der Waals surface area contributed by atoms with Crippen LogP contribution in [0.3, 0.4) is 0 Å². The Morgan fingerprint density at radius 3 is 1.73 bits per heavy atom. The van der Waals surface area contributed by atoms with Gasteiger partial charge in [0.15, 0.2) is 5.78 Å². The second-order valence-electron chi connectivity index (χ2n) is 3.04. The van der Waals surface area contributed by atoms with Gasteiger partial charge in [0.05, 0.1) is 6.42 Å². The van der Waals surface area contributed by atoms with Crippen molar-refractivity contribution in [3.8, 4) is 0 Å². The molecule has 0 bridgehead atoms. The summed E-state index contributed by atoms with van der Waals surface area (Å²) in [5.74, 6) is -1.37. The van der Waals surface area contributed by atoms with Gasteiger partial charge in [-0.15, -0.1) is 0 Å². The van der Waals surface area contributed by atoms with E-state index in [-0.39, 0.29) is 0 Å². The van der Waals surface area contributed by atoms with Crippen molar-refractivity contribution in [3.63, 3.8) is 0 Å². The van der Waals surface area contributed by atoms with E-state index in [1.54, 1.807) is 0 Å². The fraction of sp³-hybridized carbons (Fsp3) is 0.625. The second-order valence-corrected chi connectivity index (χ2v) is 3.04. The molecule has 0 unspecified atom stereocenters. The first kappa shape index (κ1) is 14.0. The standard InChI is InChI=1S/C8H8F6O/c1-5(3-7(9,10)11)2-6(15)4-8(12,13)14/h2H,3-4H2,1H3/b5-2-. The number of alkyl halides is 6. The molecule has 0 N–H and O–H groups in total. The molecule has 15 heavy (non-hydrogen) atoms. The Bertz CT molecular complexity index is 259. The zero-order valence-corrected chi connectivity index (χ0v) is 7.67. The van der Waals surface area contributed by atoms with Gasteiger partial charge in [-0.05, 0) is 13.0 Å². The van der Waals surface area contributed by atoms with Gasteiger partial charge >= 0.3 is 12.4 Å². The number of ketones is 1. The van der Waals surface area contributed by atoms with Crippen LogP contribution in [0.2, 0.25) is 0 Å². The molecule has 0 aliphatic rings. The van der Waals surface area contributed by atoms with E-state index in [9.17, 15) is 31.1 Å². The normalized spacial score (nSPS) is 14.2. The lowest BCUT2D eigenvalue weighted by Crippen LogP contribution is -2.14. The quantitative estimate of drug-likeness (QED) is 0.540. The largest absolute Gasteiger partial charge is 0.396 e. The third-order valence-electron chi connectivity index (χ3n) is 1.26. The van der Waals surface area contributed by atoms with E-state index in [2.05, 4.69) is 0 Å². The molecule has 0 aromatic rings. The Hall–Kier alpha value is -1.01. The molecular weight excluding hydrogens is 226 g/mol. The number of halogens is 6. The molecule has 88 valence electrons. The first-order valence-electron chi connectivity index (χ1n) is 3.83. The lowest BCUT2D eigenvalue weighted by atomic mass is 10.1. The van der Waals surface area contributed by atoms with Gasteiger partial charge in [-0.3, -0.25) is 4.79 Å². The predicted octanol–water partition coefficient (Wildman–Crippen LogP) is 3.41. The van der Waals surface area contributed by atoms with Crippen molar-refractivity contribution in [2.45, 2.75) is 32.1 Å². The van der Waals surface area contributed by atoms with Gasteiger partial charge in [0.1, 0.15) is 6.42 Å². The van der Waals surface area contributed by atoms with Gasteiger partial charge in [0.25, 0.3) is 0 Å². The molecule has 0 radical (unpaired) electrons. The summed E-state index contributed by atoms with van der Waals surface area (Å²) in [5.41, 5.74) is -0.434. The van der Waals surface area contributed by atoms with E-state index in [0.29, 0.717) is 6.08 Å². The van der Waals surface area contributed by atoms with E-state index in [1.165, 1.54) is 0 Å². The molecular formula is C8H8F6O.